The molecule has 0 amide bonds. The van der Waals surface area contributed by atoms with Gasteiger partial charge in [-0.1, -0.05) is 0 Å². The van der Waals surface area contributed by atoms with Gasteiger partial charge >= 0.3 is 6.18 Å². The molecule has 0 unspecified atom stereocenters. The first-order valence-electron chi connectivity index (χ1n) is 5.16. The third-order valence-corrected chi connectivity index (χ3v) is 2.64. The van der Waals surface area contributed by atoms with Crippen molar-refractivity contribution in [2.24, 2.45) is 5.41 Å². The van der Waals surface area contributed by atoms with Crippen molar-refractivity contribution in [2.45, 2.75) is 25.4 Å². The van der Waals surface area contributed by atoms with Crippen molar-refractivity contribution in [3.8, 4) is 12.1 Å². The molecule has 0 fully saturated rings. The van der Waals surface area contributed by atoms with Crippen molar-refractivity contribution in [2.75, 3.05) is 0 Å². The predicted octanol–water partition coefficient (Wildman–Crippen LogP) is 3.05. The lowest BCUT2D eigenvalue weighted by Gasteiger charge is -2.19. The number of nitriles is 2. The van der Waals surface area contributed by atoms with E-state index in [0.29, 0.717) is 5.56 Å². The van der Waals surface area contributed by atoms with Crippen LogP contribution in [0.15, 0.2) is 12.4 Å². The maximum Gasteiger partial charge on any atom is 0.389 e. The van der Waals surface area contributed by atoms with Gasteiger partial charge in [0.25, 0.3) is 0 Å². The summed E-state index contributed by atoms with van der Waals surface area (Å²) in [6.07, 6.45) is -3.80. The van der Waals surface area contributed by atoms with Gasteiger partial charge in [-0.3, -0.25) is 0 Å². The Labute approximate surface area is 112 Å². The van der Waals surface area contributed by atoms with Crippen LogP contribution in [-0.4, -0.2) is 16.1 Å². The van der Waals surface area contributed by atoms with Crippen LogP contribution >= 0.6 is 11.6 Å². The Morgan fingerprint density at radius 2 is 1.63 bits per heavy atom. The van der Waals surface area contributed by atoms with E-state index >= 15 is 0 Å². The highest BCUT2D eigenvalue weighted by Crippen LogP contribution is 2.32. The number of rotatable bonds is 4. The van der Waals surface area contributed by atoms with Crippen molar-refractivity contribution < 1.29 is 13.2 Å². The fourth-order valence-corrected chi connectivity index (χ4v) is 1.54. The molecule has 0 bridgehead atoms. The first kappa shape index (κ1) is 15.2. The summed E-state index contributed by atoms with van der Waals surface area (Å²) < 4.78 is 36.6. The number of aromatic nitrogens is 2. The standard InChI is InChI=1S/C11H8ClF3N4/c12-9-18-4-8(5-19-9)3-10(6-16,7-17)1-2-11(13,14)15/h4-5H,1-3H2. The van der Waals surface area contributed by atoms with Crippen molar-refractivity contribution in [1.29, 1.82) is 10.5 Å². The summed E-state index contributed by atoms with van der Waals surface area (Å²) in [6.45, 7) is 0. The largest absolute Gasteiger partial charge is 0.389 e. The quantitative estimate of drug-likeness (QED) is 0.798. The molecule has 1 aromatic heterocycles. The molecule has 0 aliphatic rings. The average Bonchev–Trinajstić information content (AvgIpc) is 2.36. The van der Waals surface area contributed by atoms with Gasteiger partial charge in [0.1, 0.15) is 5.41 Å². The molecule has 0 radical (unpaired) electrons. The second-order valence-corrected chi connectivity index (χ2v) is 4.30. The first-order chi connectivity index (χ1) is 8.80. The minimum atomic E-state index is -4.41. The molecular weight excluding hydrogens is 281 g/mol. The molecular formula is C11H8ClF3N4. The van der Waals surface area contributed by atoms with E-state index < -0.39 is 24.4 Å². The molecule has 0 saturated heterocycles. The molecule has 0 atom stereocenters. The normalized spacial score (nSPS) is 11.7. The van der Waals surface area contributed by atoms with Gasteiger partial charge in [-0.25, -0.2) is 9.97 Å². The zero-order valence-corrected chi connectivity index (χ0v) is 10.3. The number of hydrogen-bond donors (Lipinski definition) is 0. The van der Waals surface area contributed by atoms with E-state index in [4.69, 9.17) is 22.1 Å². The van der Waals surface area contributed by atoms with Crippen LogP contribution in [0.2, 0.25) is 5.28 Å². The van der Waals surface area contributed by atoms with E-state index in [0.717, 1.165) is 0 Å². The van der Waals surface area contributed by atoms with Crippen LogP contribution in [0.1, 0.15) is 18.4 Å². The summed E-state index contributed by atoms with van der Waals surface area (Å²) in [5, 5.41) is 17.9. The number of hydrogen-bond acceptors (Lipinski definition) is 4. The highest BCUT2D eigenvalue weighted by Gasteiger charge is 2.37. The van der Waals surface area contributed by atoms with Gasteiger partial charge in [0.15, 0.2) is 0 Å². The van der Waals surface area contributed by atoms with Gasteiger partial charge in [0.05, 0.1) is 12.1 Å². The lowest BCUT2D eigenvalue weighted by Crippen LogP contribution is -2.23. The van der Waals surface area contributed by atoms with E-state index in [2.05, 4.69) is 9.97 Å². The third kappa shape index (κ3) is 4.72. The molecule has 1 heterocycles. The topological polar surface area (TPSA) is 73.4 Å². The van der Waals surface area contributed by atoms with Crippen LogP contribution in [0.25, 0.3) is 0 Å². The van der Waals surface area contributed by atoms with Gasteiger partial charge in [-0.05, 0) is 23.6 Å². The Balaban J connectivity index is 2.86. The summed E-state index contributed by atoms with van der Waals surface area (Å²) >= 11 is 5.47. The van der Waals surface area contributed by atoms with Gasteiger partial charge in [0.2, 0.25) is 5.28 Å². The molecule has 8 heteroatoms. The highest BCUT2D eigenvalue weighted by atomic mass is 35.5. The van der Waals surface area contributed by atoms with Gasteiger partial charge < -0.3 is 0 Å². The lowest BCUT2D eigenvalue weighted by molar-refractivity contribution is -0.138. The number of nitrogens with zero attached hydrogens (tertiary/aromatic N) is 4. The first-order valence-corrected chi connectivity index (χ1v) is 5.54. The monoisotopic (exact) mass is 288 g/mol. The van der Waals surface area contributed by atoms with Crippen LogP contribution in [0.5, 0.6) is 0 Å². The molecule has 4 nitrogen and oxygen atoms in total. The molecule has 1 rings (SSSR count). The Morgan fingerprint density at radius 3 is 2.05 bits per heavy atom. The SMILES string of the molecule is N#CC(C#N)(CCC(F)(F)F)Cc1cnc(Cl)nc1. The van der Waals surface area contributed by atoms with Crippen LogP contribution < -0.4 is 0 Å². The summed E-state index contributed by atoms with van der Waals surface area (Å²) in [7, 11) is 0. The third-order valence-electron chi connectivity index (χ3n) is 2.44. The van der Waals surface area contributed by atoms with Crippen molar-refractivity contribution in [1.82, 2.24) is 9.97 Å². The predicted molar refractivity (Wildman–Crippen MR) is 59.7 cm³/mol. The Morgan fingerprint density at radius 1 is 1.11 bits per heavy atom. The van der Waals surface area contributed by atoms with Crippen molar-refractivity contribution in [3.63, 3.8) is 0 Å². The molecule has 0 aliphatic carbocycles. The summed E-state index contributed by atoms with van der Waals surface area (Å²) in [5.41, 5.74) is -1.36. The second-order valence-electron chi connectivity index (χ2n) is 3.96. The van der Waals surface area contributed by atoms with Gasteiger partial charge in [0, 0.05) is 25.2 Å². The maximum atomic E-state index is 12.2. The Hall–Kier alpha value is -1.86. The van der Waals surface area contributed by atoms with Crippen LogP contribution in [0.4, 0.5) is 13.2 Å². The van der Waals surface area contributed by atoms with E-state index in [1.54, 1.807) is 12.1 Å². The molecule has 19 heavy (non-hydrogen) atoms. The smallest absolute Gasteiger partial charge is 0.226 e. The molecule has 0 saturated carbocycles. The Bertz CT molecular complexity index is 499. The molecule has 0 spiro atoms. The molecule has 100 valence electrons. The molecule has 0 N–H and O–H groups in total. The van der Waals surface area contributed by atoms with Crippen molar-refractivity contribution in [3.05, 3.63) is 23.2 Å². The number of halogens is 4. The van der Waals surface area contributed by atoms with Crippen molar-refractivity contribution >= 4 is 11.6 Å². The zero-order valence-electron chi connectivity index (χ0n) is 9.58. The summed E-state index contributed by atoms with van der Waals surface area (Å²) in [6, 6.07) is 3.30. The molecule has 1 aromatic rings. The minimum Gasteiger partial charge on any atom is -0.226 e. The lowest BCUT2D eigenvalue weighted by atomic mass is 9.81. The summed E-state index contributed by atoms with van der Waals surface area (Å²) in [4.78, 5) is 7.31. The molecule has 0 aromatic carbocycles. The maximum absolute atomic E-state index is 12.2. The van der Waals surface area contributed by atoms with Gasteiger partial charge in [-0.15, -0.1) is 0 Å². The second kappa shape index (κ2) is 5.85. The van der Waals surface area contributed by atoms with Crippen LogP contribution in [0, 0.1) is 28.1 Å². The fraction of sp³-hybridized carbons (Fsp3) is 0.455. The van der Waals surface area contributed by atoms with Gasteiger partial charge in [-0.2, -0.15) is 23.7 Å². The van der Waals surface area contributed by atoms with E-state index in [1.807, 2.05) is 0 Å². The fourth-order valence-electron chi connectivity index (χ4n) is 1.44. The van der Waals surface area contributed by atoms with Crippen LogP contribution in [0.3, 0.4) is 0 Å². The van der Waals surface area contributed by atoms with E-state index in [1.165, 1.54) is 12.4 Å². The highest BCUT2D eigenvalue weighted by molar-refractivity contribution is 6.28. The average molecular weight is 289 g/mol. The Kier molecular flexibility index (Phi) is 4.68. The number of alkyl halides is 3. The minimum absolute atomic E-state index is 0.0152. The summed E-state index contributed by atoms with van der Waals surface area (Å²) in [5.74, 6) is 0. The van der Waals surface area contributed by atoms with Crippen LogP contribution in [-0.2, 0) is 6.42 Å². The van der Waals surface area contributed by atoms with E-state index in [-0.39, 0.29) is 11.7 Å². The van der Waals surface area contributed by atoms with E-state index in [9.17, 15) is 13.2 Å². The molecule has 0 aliphatic heterocycles. The zero-order chi connectivity index (χ0) is 14.5.